The van der Waals surface area contributed by atoms with E-state index in [0.29, 0.717) is 0 Å². The highest BCUT2D eigenvalue weighted by molar-refractivity contribution is 4.31. The van der Waals surface area contributed by atoms with Gasteiger partial charge in [0.2, 0.25) is 0 Å². The molecule has 0 heterocycles. The summed E-state index contributed by atoms with van der Waals surface area (Å²) in [5.41, 5.74) is 0. The third-order valence-electron chi connectivity index (χ3n) is 0.957. The molecule has 0 aromatic carbocycles. The maximum atomic E-state index is 2.23. The summed E-state index contributed by atoms with van der Waals surface area (Å²) in [4.78, 5) is 0. The van der Waals surface area contributed by atoms with Crippen LogP contribution < -0.4 is 0 Å². The lowest BCUT2D eigenvalue weighted by atomic mass is 10.2. The smallest absolute Gasteiger partial charge is 0.0654 e. The highest BCUT2D eigenvalue weighted by Crippen LogP contribution is 1.95. The molecule has 0 spiro atoms. The molecule has 0 aromatic rings. The monoisotopic (exact) mass is 88.1 g/mol. The van der Waals surface area contributed by atoms with Crippen LogP contribution in [-0.2, 0) is 0 Å². The molecule has 0 radical (unpaired) electrons. The largest absolute Gasteiger partial charge is 1.00 e. The second-order valence-electron chi connectivity index (χ2n) is 1.71. The molecule has 0 atom stereocenters. The predicted octanol–water partition coefficient (Wildman–Crippen LogP) is 2.81. The molecule has 0 aliphatic heterocycles. The van der Waals surface area contributed by atoms with Gasteiger partial charge in [-0.05, 0) is 0 Å². The van der Waals surface area contributed by atoms with Gasteiger partial charge in [-0.3, -0.25) is 0 Å². The Morgan fingerprint density at radius 3 is 1.50 bits per heavy atom. The first-order valence-electron chi connectivity index (χ1n) is 2.91. The van der Waals surface area contributed by atoms with Crippen molar-refractivity contribution in [3.8, 4) is 0 Å². The zero-order valence-electron chi connectivity index (χ0n) is 6.83. The van der Waals surface area contributed by atoms with Gasteiger partial charge in [0.25, 0.3) is 0 Å². The minimum Gasteiger partial charge on any atom is -0.0654 e. The van der Waals surface area contributed by atoms with Crippen molar-refractivity contribution in [1.29, 1.82) is 0 Å². The van der Waals surface area contributed by atoms with E-state index in [-0.39, 0.29) is 2.85 Å². The average molecular weight is 88.2 g/mol. The van der Waals surface area contributed by atoms with Crippen molar-refractivity contribution in [2.75, 3.05) is 0 Å². The Morgan fingerprint density at radius 1 is 1.00 bits per heavy atom. The van der Waals surface area contributed by atoms with Gasteiger partial charge in [0.15, 0.2) is 0 Å². The minimum absolute atomic E-state index is 0. The highest BCUT2D eigenvalue weighted by atomic mass is 13.8. The molecule has 0 nitrogen and oxygen atoms in total. The van der Waals surface area contributed by atoms with E-state index in [0.717, 1.165) is 0 Å². The fourth-order valence-electron chi connectivity index (χ4n) is 0.500. The van der Waals surface area contributed by atoms with E-state index in [2.05, 4.69) is 13.8 Å². The standard InChI is InChI=1S/C6H14/c1-3-5-6-4-2/h3-6H2,1-2H3/p+2. The topological polar surface area (TPSA) is 0 Å². The van der Waals surface area contributed by atoms with Crippen LogP contribution in [0.5, 0.6) is 0 Å². The zero-order chi connectivity index (χ0) is 4.83. The SMILES string of the molecule is CCCCCC.[H+].[H+]. The predicted molar refractivity (Wildman–Crippen MR) is 32.0 cm³/mol. The summed E-state index contributed by atoms with van der Waals surface area (Å²) in [6.45, 7) is 4.46. The maximum Gasteiger partial charge on any atom is 1.00 e. The molecular formula is C6H16+2. The lowest BCUT2D eigenvalue weighted by Crippen LogP contribution is -1.66. The van der Waals surface area contributed by atoms with Crippen LogP contribution in [0.2, 0.25) is 0 Å². The highest BCUT2D eigenvalue weighted by Gasteiger charge is 1.75. The summed E-state index contributed by atoms with van der Waals surface area (Å²) in [6.07, 6.45) is 5.54. The van der Waals surface area contributed by atoms with Crippen molar-refractivity contribution >= 4 is 0 Å². The van der Waals surface area contributed by atoms with Crippen molar-refractivity contribution < 1.29 is 2.85 Å². The van der Waals surface area contributed by atoms with Crippen LogP contribution in [0.15, 0.2) is 0 Å². The van der Waals surface area contributed by atoms with Gasteiger partial charge in [-0.2, -0.15) is 0 Å². The fourth-order valence-corrected chi connectivity index (χ4v) is 0.500. The van der Waals surface area contributed by atoms with Crippen LogP contribution in [0.25, 0.3) is 0 Å². The van der Waals surface area contributed by atoms with Crippen molar-refractivity contribution in [2.24, 2.45) is 0 Å². The Kier molecular flexibility index (Phi) is 5.00. The molecule has 38 valence electrons. The molecule has 0 unspecified atom stereocenters. The molecule has 0 aliphatic carbocycles. The first-order chi connectivity index (χ1) is 2.91. The zero-order valence-corrected chi connectivity index (χ0v) is 4.83. The molecule has 0 saturated heterocycles. The molecule has 0 amide bonds. The average Bonchev–Trinajstić information content (AvgIpc) is 1.61. The van der Waals surface area contributed by atoms with Crippen LogP contribution in [0, 0.1) is 0 Å². The molecule has 0 rings (SSSR count). The number of hydrogen-bond donors (Lipinski definition) is 0. The Bertz CT molecular complexity index is 18.5. The maximum absolute atomic E-state index is 2.23. The Labute approximate surface area is 43.5 Å². The molecule has 0 heteroatoms. The van der Waals surface area contributed by atoms with E-state index < -0.39 is 0 Å². The van der Waals surface area contributed by atoms with E-state index in [1.54, 1.807) is 0 Å². The molecule has 0 aliphatic rings. The van der Waals surface area contributed by atoms with Crippen LogP contribution in [-0.4, -0.2) is 0 Å². The van der Waals surface area contributed by atoms with Gasteiger partial charge in [-0.15, -0.1) is 0 Å². The van der Waals surface area contributed by atoms with Crippen molar-refractivity contribution in [3.63, 3.8) is 0 Å². The summed E-state index contributed by atoms with van der Waals surface area (Å²) in [5, 5.41) is 0. The van der Waals surface area contributed by atoms with Crippen LogP contribution >= 0.6 is 0 Å². The molecule has 0 saturated carbocycles. The van der Waals surface area contributed by atoms with Gasteiger partial charge in [0.05, 0.1) is 0 Å². The number of unbranched alkanes of at least 4 members (excludes halogenated alkanes) is 3. The minimum atomic E-state index is 0. The molecule has 0 aromatic heterocycles. The summed E-state index contributed by atoms with van der Waals surface area (Å²) < 4.78 is 0. The Hall–Kier alpha value is 0. The summed E-state index contributed by atoms with van der Waals surface area (Å²) in [5.74, 6) is 0. The lowest BCUT2D eigenvalue weighted by molar-refractivity contribution is 0.702. The molecular weight excluding hydrogens is 72.1 g/mol. The van der Waals surface area contributed by atoms with Gasteiger partial charge in [-0.1, -0.05) is 39.5 Å². The fraction of sp³-hybridized carbons (Fsp3) is 1.00. The normalized spacial score (nSPS) is 9.00. The number of rotatable bonds is 3. The Morgan fingerprint density at radius 2 is 1.33 bits per heavy atom. The van der Waals surface area contributed by atoms with E-state index >= 15 is 0 Å². The van der Waals surface area contributed by atoms with E-state index in [1.807, 2.05) is 0 Å². The quantitative estimate of drug-likeness (QED) is 0.465. The lowest BCUT2D eigenvalue weighted by Gasteiger charge is -1.86. The second-order valence-corrected chi connectivity index (χ2v) is 1.71. The summed E-state index contributed by atoms with van der Waals surface area (Å²) in [7, 11) is 0. The summed E-state index contributed by atoms with van der Waals surface area (Å²) in [6, 6.07) is 0. The van der Waals surface area contributed by atoms with Gasteiger partial charge >= 0.3 is 2.85 Å². The first-order valence-corrected chi connectivity index (χ1v) is 2.91. The molecule has 0 fully saturated rings. The van der Waals surface area contributed by atoms with Crippen LogP contribution in [0.1, 0.15) is 42.4 Å². The van der Waals surface area contributed by atoms with Gasteiger partial charge in [-0.25, -0.2) is 0 Å². The third-order valence-corrected chi connectivity index (χ3v) is 0.957. The van der Waals surface area contributed by atoms with E-state index in [1.165, 1.54) is 25.7 Å². The second kappa shape index (κ2) is 5.00. The Balaban J connectivity index is -0.000000125. The number of hydrogen-bond acceptors (Lipinski definition) is 0. The van der Waals surface area contributed by atoms with Gasteiger partial charge in [0.1, 0.15) is 0 Å². The van der Waals surface area contributed by atoms with Crippen LogP contribution in [0.4, 0.5) is 0 Å². The van der Waals surface area contributed by atoms with Crippen LogP contribution in [0.3, 0.4) is 0 Å². The van der Waals surface area contributed by atoms with Gasteiger partial charge < -0.3 is 0 Å². The molecule has 0 bridgehead atoms. The molecule has 6 heavy (non-hydrogen) atoms. The summed E-state index contributed by atoms with van der Waals surface area (Å²) >= 11 is 0. The van der Waals surface area contributed by atoms with Crippen molar-refractivity contribution in [2.45, 2.75) is 39.5 Å². The van der Waals surface area contributed by atoms with Crippen molar-refractivity contribution in [3.05, 3.63) is 0 Å². The van der Waals surface area contributed by atoms with Crippen molar-refractivity contribution in [1.82, 2.24) is 0 Å². The van der Waals surface area contributed by atoms with E-state index in [9.17, 15) is 0 Å². The third kappa shape index (κ3) is 4.00. The first kappa shape index (κ1) is 6.00. The molecule has 0 N–H and O–H groups in total. The van der Waals surface area contributed by atoms with E-state index in [4.69, 9.17) is 0 Å². The van der Waals surface area contributed by atoms with Gasteiger partial charge in [0, 0.05) is 0 Å².